The first-order chi connectivity index (χ1) is 20.0. The molecule has 10 nitrogen and oxygen atoms in total. The number of carbonyl (C=O) groups is 2. The highest BCUT2D eigenvalue weighted by Crippen LogP contribution is 2.30. The summed E-state index contributed by atoms with van der Waals surface area (Å²) in [6.07, 6.45) is 1.42. The van der Waals surface area contributed by atoms with E-state index in [1.54, 1.807) is 13.2 Å². The molecule has 1 fully saturated rings. The van der Waals surface area contributed by atoms with E-state index in [0.717, 1.165) is 29.4 Å². The van der Waals surface area contributed by atoms with E-state index >= 15 is 0 Å². The number of carboxylic acids is 1. The molecule has 1 saturated heterocycles. The zero-order chi connectivity index (χ0) is 30.3. The Balaban J connectivity index is 1.59. The lowest BCUT2D eigenvalue weighted by atomic mass is 9.93. The highest BCUT2D eigenvalue weighted by Gasteiger charge is 2.33. The zero-order valence-electron chi connectivity index (χ0n) is 23.9. The van der Waals surface area contributed by atoms with Gasteiger partial charge in [0.2, 0.25) is 0 Å². The fourth-order valence-corrected chi connectivity index (χ4v) is 5.66. The molecule has 4 rings (SSSR count). The second kappa shape index (κ2) is 13.9. The number of hydrogen-bond acceptors (Lipinski definition) is 8. The van der Waals surface area contributed by atoms with Crippen LogP contribution < -0.4 is 15.6 Å². The fraction of sp³-hybridized carbons (Fsp3) is 0.355. The second-order valence-corrected chi connectivity index (χ2v) is 12.8. The number of hydrogen-bond donors (Lipinski definition) is 3. The molecule has 0 radical (unpaired) electrons. The normalized spacial score (nSPS) is 18.0. The molecule has 0 aliphatic carbocycles. The molecule has 3 aromatic rings. The molecule has 3 aromatic carbocycles. The van der Waals surface area contributed by atoms with Crippen molar-refractivity contribution in [3.8, 4) is 16.9 Å². The average molecular weight is 596 g/mol. The molecule has 1 heterocycles. The number of likely N-dealkylation sites (tertiary alicyclic amines) is 1. The van der Waals surface area contributed by atoms with Gasteiger partial charge in [-0.15, -0.1) is 5.48 Å². The summed E-state index contributed by atoms with van der Waals surface area (Å²) >= 11 is 0. The van der Waals surface area contributed by atoms with Crippen molar-refractivity contribution in [1.82, 2.24) is 15.7 Å². The van der Waals surface area contributed by atoms with Crippen LogP contribution in [0.1, 0.15) is 34.3 Å². The van der Waals surface area contributed by atoms with Gasteiger partial charge < -0.3 is 20.0 Å². The Kier molecular flexibility index (Phi) is 10.3. The summed E-state index contributed by atoms with van der Waals surface area (Å²) in [6.45, 7) is 3.16. The Morgan fingerprint density at radius 3 is 2.43 bits per heavy atom. The van der Waals surface area contributed by atoms with Gasteiger partial charge in [-0.2, -0.15) is 0 Å². The molecular weight excluding hydrogens is 558 g/mol. The van der Waals surface area contributed by atoms with Crippen molar-refractivity contribution in [3.63, 3.8) is 0 Å². The van der Waals surface area contributed by atoms with Crippen molar-refractivity contribution in [3.05, 3.63) is 89.5 Å². The molecule has 0 spiro atoms. The van der Waals surface area contributed by atoms with Crippen LogP contribution in [-0.2, 0) is 25.9 Å². The minimum atomic E-state index is -3.40. The number of rotatable bonds is 13. The van der Waals surface area contributed by atoms with E-state index in [0.29, 0.717) is 30.0 Å². The third-order valence-electron chi connectivity index (χ3n) is 7.28. The van der Waals surface area contributed by atoms with Gasteiger partial charge in [-0.05, 0) is 59.9 Å². The summed E-state index contributed by atoms with van der Waals surface area (Å²) in [5.41, 5.74) is 6.85. The lowest BCUT2D eigenvalue weighted by Crippen LogP contribution is -2.42. The SMILES string of the molecule is COC1C[C@@H](NOc2ccccc2)N(Cc2ccc(C(=O)N[C@@H](CCS(C)(=O)=O)C(=O)O)c(-c3ccccc3C)c2)C1. The molecule has 11 heteroatoms. The molecule has 0 bridgehead atoms. The Hall–Kier alpha value is -3.77. The van der Waals surface area contributed by atoms with E-state index < -0.39 is 27.8 Å². The quantitative estimate of drug-likeness (QED) is 0.254. The predicted octanol–water partition coefficient (Wildman–Crippen LogP) is 3.41. The average Bonchev–Trinajstić information content (AvgIpc) is 3.35. The highest BCUT2D eigenvalue weighted by molar-refractivity contribution is 7.90. The van der Waals surface area contributed by atoms with E-state index in [1.165, 1.54) is 0 Å². The lowest BCUT2D eigenvalue weighted by molar-refractivity contribution is -0.139. The minimum absolute atomic E-state index is 0.0163. The van der Waals surface area contributed by atoms with Gasteiger partial charge in [-0.1, -0.05) is 48.5 Å². The van der Waals surface area contributed by atoms with Crippen molar-refractivity contribution in [2.75, 3.05) is 25.7 Å². The molecule has 42 heavy (non-hydrogen) atoms. The van der Waals surface area contributed by atoms with Gasteiger partial charge in [0.05, 0.1) is 18.0 Å². The Bertz CT molecular complexity index is 1500. The maximum atomic E-state index is 13.4. The zero-order valence-corrected chi connectivity index (χ0v) is 24.8. The fourth-order valence-electron chi connectivity index (χ4n) is 5.00. The number of amides is 1. The number of para-hydroxylation sites is 1. The molecule has 1 aliphatic rings. The van der Waals surface area contributed by atoms with Crippen LogP contribution in [0.25, 0.3) is 11.1 Å². The molecule has 3 atom stereocenters. The third-order valence-corrected chi connectivity index (χ3v) is 8.26. The number of carbonyl (C=O) groups excluding carboxylic acids is 1. The molecule has 1 aliphatic heterocycles. The summed E-state index contributed by atoms with van der Waals surface area (Å²) in [7, 11) is -1.71. The predicted molar refractivity (Wildman–Crippen MR) is 160 cm³/mol. The van der Waals surface area contributed by atoms with Crippen molar-refractivity contribution in [1.29, 1.82) is 0 Å². The molecule has 1 unspecified atom stereocenters. The molecule has 224 valence electrons. The summed E-state index contributed by atoms with van der Waals surface area (Å²) in [5.74, 6) is -1.53. The number of nitrogens with zero attached hydrogens (tertiary/aromatic N) is 1. The van der Waals surface area contributed by atoms with E-state index in [4.69, 9.17) is 9.57 Å². The number of hydroxylamine groups is 1. The third kappa shape index (κ3) is 8.39. The summed E-state index contributed by atoms with van der Waals surface area (Å²) in [4.78, 5) is 33.3. The number of methoxy groups -OCH3 is 1. The summed E-state index contributed by atoms with van der Waals surface area (Å²) < 4.78 is 28.9. The molecule has 0 aromatic heterocycles. The summed E-state index contributed by atoms with van der Waals surface area (Å²) in [6, 6.07) is 21.2. The Labute approximate surface area is 246 Å². The summed E-state index contributed by atoms with van der Waals surface area (Å²) in [5, 5.41) is 12.2. The first kappa shape index (κ1) is 31.2. The lowest BCUT2D eigenvalue weighted by Gasteiger charge is -2.25. The van der Waals surface area contributed by atoms with Crippen LogP contribution in [0.3, 0.4) is 0 Å². The van der Waals surface area contributed by atoms with Crippen LogP contribution in [0.2, 0.25) is 0 Å². The second-order valence-electron chi connectivity index (χ2n) is 10.5. The van der Waals surface area contributed by atoms with E-state index in [1.807, 2.05) is 73.7 Å². The van der Waals surface area contributed by atoms with Crippen LogP contribution in [0.15, 0.2) is 72.8 Å². The van der Waals surface area contributed by atoms with Gasteiger partial charge in [0.1, 0.15) is 21.6 Å². The van der Waals surface area contributed by atoms with Crippen molar-refractivity contribution in [2.24, 2.45) is 0 Å². The van der Waals surface area contributed by atoms with Crippen LogP contribution >= 0.6 is 0 Å². The maximum Gasteiger partial charge on any atom is 0.326 e. The first-order valence-electron chi connectivity index (χ1n) is 13.7. The topological polar surface area (TPSA) is 134 Å². The standard InChI is InChI=1S/C31H37N3O7S/c1-21-9-7-8-12-25(21)27-17-22(13-14-26(27)30(35)32-28(31(36)37)15-16-42(3,38)39)19-34-20-24(40-2)18-29(34)33-41-23-10-5-4-6-11-23/h4-14,17,24,28-29,33H,15-16,18-20H2,1-3H3,(H,32,35)(H,36,37)/t24?,28-,29-/m0/s1. The number of carboxylic acid groups (broad SMARTS) is 1. The minimum Gasteiger partial charge on any atom is -0.480 e. The first-order valence-corrected chi connectivity index (χ1v) is 15.7. The number of aliphatic carboxylic acids is 1. The van der Waals surface area contributed by atoms with E-state index in [-0.39, 0.29) is 24.4 Å². The highest BCUT2D eigenvalue weighted by atomic mass is 32.2. The van der Waals surface area contributed by atoms with Crippen LogP contribution in [0.4, 0.5) is 0 Å². The van der Waals surface area contributed by atoms with Gasteiger partial charge in [0, 0.05) is 38.4 Å². The van der Waals surface area contributed by atoms with Crippen molar-refractivity contribution >= 4 is 21.7 Å². The van der Waals surface area contributed by atoms with Gasteiger partial charge in [-0.3, -0.25) is 9.69 Å². The number of nitrogens with one attached hydrogen (secondary N) is 2. The van der Waals surface area contributed by atoms with Crippen molar-refractivity contribution < 1.29 is 32.7 Å². The van der Waals surface area contributed by atoms with Gasteiger partial charge >= 0.3 is 5.97 Å². The molecular formula is C31H37N3O7S. The number of ether oxygens (including phenoxy) is 1. The van der Waals surface area contributed by atoms with Gasteiger partial charge in [0.25, 0.3) is 5.91 Å². The molecule has 3 N–H and O–H groups in total. The number of benzene rings is 3. The molecule has 1 amide bonds. The maximum absolute atomic E-state index is 13.4. The number of sulfone groups is 1. The van der Waals surface area contributed by atoms with E-state index in [2.05, 4.69) is 15.7 Å². The van der Waals surface area contributed by atoms with Gasteiger partial charge in [-0.25, -0.2) is 13.2 Å². The van der Waals surface area contributed by atoms with Crippen LogP contribution in [0.5, 0.6) is 5.75 Å². The van der Waals surface area contributed by atoms with E-state index in [9.17, 15) is 23.1 Å². The Morgan fingerprint density at radius 1 is 1.05 bits per heavy atom. The van der Waals surface area contributed by atoms with Crippen molar-refractivity contribution in [2.45, 2.75) is 44.6 Å². The Morgan fingerprint density at radius 2 is 1.76 bits per heavy atom. The van der Waals surface area contributed by atoms with Gasteiger partial charge in [0.15, 0.2) is 0 Å². The van der Waals surface area contributed by atoms with Crippen LogP contribution in [0, 0.1) is 6.92 Å². The monoisotopic (exact) mass is 595 g/mol. The number of aryl methyl sites for hydroxylation is 1. The molecule has 0 saturated carbocycles. The largest absolute Gasteiger partial charge is 0.480 e. The smallest absolute Gasteiger partial charge is 0.326 e. The van der Waals surface area contributed by atoms with Crippen LogP contribution in [-0.4, -0.2) is 74.3 Å².